The normalized spacial score (nSPS) is 11.9. The Bertz CT molecular complexity index is 1070. The molecule has 138 valence electrons. The van der Waals surface area contributed by atoms with Crippen LogP contribution in [0.15, 0.2) is 58.4 Å². The minimum absolute atomic E-state index is 0.0832. The Morgan fingerprint density at radius 1 is 1.07 bits per heavy atom. The zero-order valence-corrected chi connectivity index (χ0v) is 15.9. The largest absolute Gasteiger partial charge is 0.292 e. The monoisotopic (exact) mass is 362 g/mol. The van der Waals surface area contributed by atoms with E-state index in [0.29, 0.717) is 10.8 Å². The number of carbonyl (C=O) groups is 1. The second-order valence-corrected chi connectivity index (χ2v) is 7.39. The van der Waals surface area contributed by atoms with E-state index in [-0.39, 0.29) is 16.7 Å². The highest BCUT2D eigenvalue weighted by Gasteiger charge is 2.15. The van der Waals surface area contributed by atoms with Gasteiger partial charge in [0.1, 0.15) is 0 Å². The van der Waals surface area contributed by atoms with Gasteiger partial charge in [-0.05, 0) is 22.6 Å². The van der Waals surface area contributed by atoms with E-state index in [4.69, 9.17) is 0 Å². The van der Waals surface area contributed by atoms with Crippen molar-refractivity contribution in [3.63, 3.8) is 0 Å². The predicted molar refractivity (Wildman–Crippen MR) is 107 cm³/mol. The van der Waals surface area contributed by atoms with Crippen molar-refractivity contribution in [1.29, 1.82) is 0 Å². The molecule has 0 radical (unpaired) electrons. The second kappa shape index (κ2) is 7.15. The van der Waals surface area contributed by atoms with Crippen molar-refractivity contribution in [3.8, 4) is 0 Å². The van der Waals surface area contributed by atoms with Crippen molar-refractivity contribution < 1.29 is 4.79 Å². The summed E-state index contributed by atoms with van der Waals surface area (Å²) in [5, 5.41) is 9.05. The number of aromatic nitrogens is 2. The molecule has 0 aliphatic rings. The van der Waals surface area contributed by atoms with Gasteiger partial charge in [-0.15, -0.1) is 0 Å². The van der Waals surface area contributed by atoms with Crippen LogP contribution in [0.1, 0.15) is 42.4 Å². The first-order valence-corrected chi connectivity index (χ1v) is 8.67. The average molecular weight is 362 g/mol. The van der Waals surface area contributed by atoms with Crippen molar-refractivity contribution in [1.82, 2.24) is 15.2 Å². The third-order valence-corrected chi connectivity index (χ3v) is 4.33. The van der Waals surface area contributed by atoms with Crippen molar-refractivity contribution in [3.05, 3.63) is 75.7 Å². The van der Waals surface area contributed by atoms with Gasteiger partial charge in [0.25, 0.3) is 11.5 Å². The fraction of sp³-hybridized carbons (Fsp3) is 0.238. The molecule has 0 spiro atoms. The molecule has 3 aromatic rings. The zero-order chi connectivity index (χ0) is 19.6. The summed E-state index contributed by atoms with van der Waals surface area (Å²) in [6.07, 6.45) is 1.58. The number of benzene rings is 2. The van der Waals surface area contributed by atoms with E-state index in [1.807, 2.05) is 24.3 Å². The van der Waals surface area contributed by atoms with Crippen molar-refractivity contribution in [2.24, 2.45) is 12.1 Å². The molecule has 0 saturated carbocycles. The van der Waals surface area contributed by atoms with Crippen molar-refractivity contribution in [2.75, 3.05) is 0 Å². The summed E-state index contributed by atoms with van der Waals surface area (Å²) in [6.45, 7) is 6.46. The third kappa shape index (κ3) is 3.95. The van der Waals surface area contributed by atoms with E-state index in [9.17, 15) is 9.59 Å². The SMILES string of the molecule is Cn1nc(C(=O)N/N=C/c2ccc(C(C)(C)C)cc2)c2ccccc2c1=O. The first kappa shape index (κ1) is 18.5. The molecule has 1 heterocycles. The Balaban J connectivity index is 1.80. The highest BCUT2D eigenvalue weighted by molar-refractivity contribution is 6.04. The van der Waals surface area contributed by atoms with Crippen LogP contribution >= 0.6 is 0 Å². The molecule has 6 nitrogen and oxygen atoms in total. The van der Waals surface area contributed by atoms with Crippen LogP contribution in [0, 0.1) is 0 Å². The number of nitrogens with one attached hydrogen (secondary N) is 1. The Labute approximate surface area is 157 Å². The summed E-state index contributed by atoms with van der Waals surface area (Å²) in [7, 11) is 1.52. The topological polar surface area (TPSA) is 76.3 Å². The van der Waals surface area contributed by atoms with Gasteiger partial charge in [0, 0.05) is 12.4 Å². The number of rotatable bonds is 3. The fourth-order valence-corrected chi connectivity index (χ4v) is 2.76. The molecule has 2 aromatic carbocycles. The summed E-state index contributed by atoms with van der Waals surface area (Å²) in [4.78, 5) is 24.6. The molecule has 0 aliphatic carbocycles. The number of aryl methyl sites for hydroxylation is 1. The van der Waals surface area contributed by atoms with Gasteiger partial charge in [0.2, 0.25) is 0 Å². The van der Waals surface area contributed by atoms with Gasteiger partial charge in [-0.3, -0.25) is 9.59 Å². The summed E-state index contributed by atoms with van der Waals surface area (Å²) in [5.41, 5.74) is 4.58. The molecule has 1 N–H and O–H groups in total. The number of fused-ring (bicyclic) bond motifs is 1. The smallest absolute Gasteiger partial charge is 0.267 e. The van der Waals surface area contributed by atoms with Gasteiger partial charge in [-0.25, -0.2) is 10.1 Å². The van der Waals surface area contributed by atoms with Crippen LogP contribution in [-0.4, -0.2) is 21.9 Å². The molecule has 0 bridgehead atoms. The Hall–Kier alpha value is -3.28. The summed E-state index contributed by atoms with van der Waals surface area (Å²) < 4.78 is 1.16. The standard InChI is InChI=1S/C21H22N4O2/c1-21(2,3)15-11-9-14(10-12-15)13-22-23-19(26)18-16-7-5-6-8-17(16)20(27)25(4)24-18/h5-13H,1-4H3,(H,23,26)/b22-13+. The molecule has 0 aliphatic heterocycles. The lowest BCUT2D eigenvalue weighted by Gasteiger charge is -2.18. The van der Waals surface area contributed by atoms with Gasteiger partial charge < -0.3 is 0 Å². The number of amides is 1. The highest BCUT2D eigenvalue weighted by Crippen LogP contribution is 2.21. The number of hydrogen-bond donors (Lipinski definition) is 1. The average Bonchev–Trinajstić information content (AvgIpc) is 2.64. The first-order valence-electron chi connectivity index (χ1n) is 8.67. The Morgan fingerprint density at radius 2 is 1.70 bits per heavy atom. The summed E-state index contributed by atoms with van der Waals surface area (Å²) in [5.74, 6) is -0.468. The van der Waals surface area contributed by atoms with Gasteiger partial charge in [0.15, 0.2) is 5.69 Å². The molecular formula is C21H22N4O2. The number of hydrazone groups is 1. The Morgan fingerprint density at radius 3 is 2.33 bits per heavy atom. The zero-order valence-electron chi connectivity index (χ0n) is 15.9. The second-order valence-electron chi connectivity index (χ2n) is 7.39. The molecule has 0 saturated heterocycles. The van der Waals surface area contributed by atoms with Gasteiger partial charge in [-0.2, -0.15) is 10.2 Å². The van der Waals surface area contributed by atoms with Crippen LogP contribution in [0.5, 0.6) is 0 Å². The van der Waals surface area contributed by atoms with Gasteiger partial charge in [-0.1, -0.05) is 63.2 Å². The van der Waals surface area contributed by atoms with Crippen LogP contribution in [-0.2, 0) is 12.5 Å². The van der Waals surface area contributed by atoms with E-state index >= 15 is 0 Å². The van der Waals surface area contributed by atoms with E-state index < -0.39 is 5.91 Å². The van der Waals surface area contributed by atoms with Crippen LogP contribution in [0.25, 0.3) is 10.8 Å². The van der Waals surface area contributed by atoms with Crippen molar-refractivity contribution in [2.45, 2.75) is 26.2 Å². The van der Waals surface area contributed by atoms with Crippen LogP contribution in [0.4, 0.5) is 0 Å². The minimum Gasteiger partial charge on any atom is -0.267 e. The van der Waals surface area contributed by atoms with E-state index in [0.717, 1.165) is 10.2 Å². The molecule has 3 rings (SSSR count). The molecule has 0 unspecified atom stereocenters. The fourth-order valence-electron chi connectivity index (χ4n) is 2.76. The maximum Gasteiger partial charge on any atom is 0.292 e. The lowest BCUT2D eigenvalue weighted by molar-refractivity contribution is 0.0950. The maximum atomic E-state index is 12.5. The Kier molecular flexibility index (Phi) is 4.90. The van der Waals surface area contributed by atoms with Crippen molar-refractivity contribution >= 4 is 22.9 Å². The van der Waals surface area contributed by atoms with E-state index in [1.54, 1.807) is 30.5 Å². The highest BCUT2D eigenvalue weighted by atomic mass is 16.2. The molecule has 27 heavy (non-hydrogen) atoms. The first-order chi connectivity index (χ1) is 12.8. The molecular weight excluding hydrogens is 340 g/mol. The minimum atomic E-state index is -0.468. The lowest BCUT2D eigenvalue weighted by atomic mass is 9.87. The van der Waals surface area contributed by atoms with E-state index in [2.05, 4.69) is 36.4 Å². The number of nitrogens with zero attached hydrogens (tertiary/aromatic N) is 3. The molecule has 6 heteroatoms. The van der Waals surface area contributed by atoms with E-state index in [1.165, 1.54) is 12.6 Å². The summed E-state index contributed by atoms with van der Waals surface area (Å²) in [6, 6.07) is 14.9. The van der Waals surface area contributed by atoms with Crippen LogP contribution < -0.4 is 11.0 Å². The molecule has 0 fully saturated rings. The predicted octanol–water partition coefficient (Wildman–Crippen LogP) is 2.99. The molecule has 1 amide bonds. The summed E-state index contributed by atoms with van der Waals surface area (Å²) >= 11 is 0. The molecule has 1 aromatic heterocycles. The van der Waals surface area contributed by atoms with Gasteiger partial charge >= 0.3 is 0 Å². The van der Waals surface area contributed by atoms with Crippen LogP contribution in [0.3, 0.4) is 0 Å². The number of carbonyl (C=O) groups excluding carboxylic acids is 1. The van der Waals surface area contributed by atoms with Crippen LogP contribution in [0.2, 0.25) is 0 Å². The molecule has 0 atom stereocenters. The third-order valence-electron chi connectivity index (χ3n) is 4.33. The lowest BCUT2D eigenvalue weighted by Crippen LogP contribution is -2.27. The maximum absolute atomic E-state index is 12.5. The number of hydrogen-bond acceptors (Lipinski definition) is 4. The quantitative estimate of drug-likeness (QED) is 0.575. The van der Waals surface area contributed by atoms with Gasteiger partial charge in [0.05, 0.1) is 11.6 Å².